The van der Waals surface area contributed by atoms with Crippen LogP contribution in [-0.4, -0.2) is 6.54 Å². The van der Waals surface area contributed by atoms with Crippen molar-refractivity contribution in [2.45, 2.75) is 27.0 Å². The summed E-state index contributed by atoms with van der Waals surface area (Å²) >= 11 is 5.30. The molecule has 2 rings (SSSR count). The van der Waals surface area contributed by atoms with E-state index in [9.17, 15) is 0 Å². The number of benzene rings is 1. The summed E-state index contributed by atoms with van der Waals surface area (Å²) in [6, 6.07) is 12.3. The second kappa shape index (κ2) is 7.81. The van der Waals surface area contributed by atoms with Crippen molar-refractivity contribution in [2.24, 2.45) is 5.92 Å². The Morgan fingerprint density at radius 3 is 2.65 bits per heavy atom. The number of nitrogens with one attached hydrogen (secondary N) is 1. The summed E-state index contributed by atoms with van der Waals surface area (Å²) in [7, 11) is 0. The summed E-state index contributed by atoms with van der Waals surface area (Å²) in [6.45, 7) is 7.06. The molecule has 0 atom stereocenters. The minimum atomic E-state index is 0.622. The molecule has 108 valence electrons. The molecule has 0 aliphatic carbocycles. The number of hydrogen-bond acceptors (Lipinski definition) is 3. The van der Waals surface area contributed by atoms with Gasteiger partial charge in [-0.3, -0.25) is 0 Å². The molecule has 0 aliphatic rings. The Morgan fingerprint density at radius 1 is 1.15 bits per heavy atom. The van der Waals surface area contributed by atoms with Crippen molar-refractivity contribution in [3.63, 3.8) is 0 Å². The number of para-hydroxylation sites is 1. The Balaban J connectivity index is 1.82. The van der Waals surface area contributed by atoms with Crippen LogP contribution in [0.1, 0.15) is 23.6 Å². The molecule has 0 saturated carbocycles. The van der Waals surface area contributed by atoms with Gasteiger partial charge in [-0.1, -0.05) is 26.0 Å². The van der Waals surface area contributed by atoms with E-state index in [-0.39, 0.29) is 0 Å². The molecule has 0 bridgehead atoms. The van der Waals surface area contributed by atoms with Gasteiger partial charge in [-0.2, -0.15) is 0 Å². The van der Waals surface area contributed by atoms with E-state index in [1.54, 1.807) is 11.3 Å². The highest BCUT2D eigenvalue weighted by atomic mass is 79.9. The Hall–Kier alpha value is -0.840. The minimum absolute atomic E-state index is 0.622. The summed E-state index contributed by atoms with van der Waals surface area (Å²) in [4.78, 5) is 2.61. The van der Waals surface area contributed by atoms with Crippen LogP contribution in [0.25, 0.3) is 0 Å². The van der Waals surface area contributed by atoms with E-state index in [4.69, 9.17) is 4.74 Å². The zero-order valence-electron chi connectivity index (χ0n) is 11.9. The third kappa shape index (κ3) is 4.93. The van der Waals surface area contributed by atoms with Gasteiger partial charge in [-0.05, 0) is 52.7 Å². The molecular weight excluding hydrogens is 334 g/mol. The average molecular weight is 354 g/mol. The average Bonchev–Trinajstić information content (AvgIpc) is 2.85. The molecule has 1 aromatic heterocycles. The maximum atomic E-state index is 5.82. The van der Waals surface area contributed by atoms with Crippen LogP contribution in [0.15, 0.2) is 40.9 Å². The molecule has 4 heteroatoms. The quantitative estimate of drug-likeness (QED) is 0.769. The van der Waals surface area contributed by atoms with Gasteiger partial charge < -0.3 is 10.1 Å². The first kappa shape index (κ1) is 15.5. The zero-order valence-corrected chi connectivity index (χ0v) is 14.3. The lowest BCUT2D eigenvalue weighted by Gasteiger charge is -2.06. The van der Waals surface area contributed by atoms with E-state index in [2.05, 4.69) is 47.2 Å². The summed E-state index contributed by atoms with van der Waals surface area (Å²) in [5.41, 5.74) is 0. The standard InChI is InChI=1S/C16H20BrNOS/c1-12(2)9-18-10-13-7-8-14(20-13)11-19-16-6-4-3-5-15(16)17/h3-8,12,18H,9-11H2,1-2H3. The van der Waals surface area contributed by atoms with Crippen LogP contribution >= 0.6 is 27.3 Å². The normalized spacial score (nSPS) is 11.0. The fourth-order valence-corrected chi connectivity index (χ4v) is 3.09. The van der Waals surface area contributed by atoms with Gasteiger partial charge in [0.05, 0.1) is 4.47 Å². The van der Waals surface area contributed by atoms with Crippen molar-refractivity contribution in [2.75, 3.05) is 6.54 Å². The molecule has 0 saturated heterocycles. The predicted octanol–water partition coefficient (Wildman–Crippen LogP) is 4.84. The summed E-state index contributed by atoms with van der Waals surface area (Å²) < 4.78 is 6.82. The van der Waals surface area contributed by atoms with Crippen LogP contribution in [-0.2, 0) is 13.2 Å². The second-order valence-electron chi connectivity index (χ2n) is 5.11. The van der Waals surface area contributed by atoms with Gasteiger partial charge in [0.2, 0.25) is 0 Å². The van der Waals surface area contributed by atoms with Crippen LogP contribution in [0, 0.1) is 5.92 Å². The van der Waals surface area contributed by atoms with Crippen LogP contribution in [0.2, 0.25) is 0 Å². The second-order valence-corrected chi connectivity index (χ2v) is 7.22. The molecule has 2 aromatic rings. The summed E-state index contributed by atoms with van der Waals surface area (Å²) in [5.74, 6) is 1.58. The summed E-state index contributed by atoms with van der Waals surface area (Å²) in [5, 5.41) is 3.46. The van der Waals surface area contributed by atoms with Crippen molar-refractivity contribution in [1.82, 2.24) is 5.32 Å². The predicted molar refractivity (Wildman–Crippen MR) is 89.3 cm³/mol. The fourth-order valence-electron chi connectivity index (χ4n) is 1.79. The number of rotatable bonds is 7. The molecular formula is C16H20BrNOS. The van der Waals surface area contributed by atoms with Gasteiger partial charge in [-0.15, -0.1) is 11.3 Å². The Kier molecular flexibility index (Phi) is 6.07. The SMILES string of the molecule is CC(C)CNCc1ccc(COc2ccccc2Br)s1. The molecule has 0 fully saturated rings. The third-order valence-electron chi connectivity index (χ3n) is 2.78. The maximum absolute atomic E-state index is 5.82. The van der Waals surface area contributed by atoms with E-state index in [0.29, 0.717) is 12.5 Å². The summed E-state index contributed by atoms with van der Waals surface area (Å²) in [6.07, 6.45) is 0. The number of hydrogen-bond donors (Lipinski definition) is 1. The molecule has 2 nitrogen and oxygen atoms in total. The van der Waals surface area contributed by atoms with Crippen molar-refractivity contribution in [3.8, 4) is 5.75 Å². The highest BCUT2D eigenvalue weighted by molar-refractivity contribution is 9.10. The van der Waals surface area contributed by atoms with Crippen LogP contribution in [0.4, 0.5) is 0 Å². The molecule has 0 unspecified atom stereocenters. The maximum Gasteiger partial charge on any atom is 0.134 e. The van der Waals surface area contributed by atoms with Crippen molar-refractivity contribution in [1.29, 1.82) is 0 Å². The van der Waals surface area contributed by atoms with Crippen molar-refractivity contribution >= 4 is 27.3 Å². The Morgan fingerprint density at radius 2 is 1.90 bits per heavy atom. The molecule has 0 amide bonds. The van der Waals surface area contributed by atoms with Gasteiger partial charge in [-0.25, -0.2) is 0 Å². The van der Waals surface area contributed by atoms with E-state index in [1.165, 1.54) is 9.75 Å². The van der Waals surface area contributed by atoms with Gasteiger partial charge in [0.15, 0.2) is 0 Å². The molecule has 1 N–H and O–H groups in total. The monoisotopic (exact) mass is 353 g/mol. The first-order valence-electron chi connectivity index (χ1n) is 6.81. The molecule has 0 radical (unpaired) electrons. The topological polar surface area (TPSA) is 21.3 Å². The van der Waals surface area contributed by atoms with Crippen molar-refractivity contribution < 1.29 is 4.74 Å². The van der Waals surface area contributed by atoms with E-state index < -0.39 is 0 Å². The lowest BCUT2D eigenvalue weighted by molar-refractivity contribution is 0.308. The lowest BCUT2D eigenvalue weighted by Crippen LogP contribution is -2.18. The highest BCUT2D eigenvalue weighted by Gasteiger charge is 2.03. The molecule has 1 aromatic carbocycles. The van der Waals surface area contributed by atoms with Crippen LogP contribution < -0.4 is 10.1 Å². The highest BCUT2D eigenvalue weighted by Crippen LogP contribution is 2.26. The van der Waals surface area contributed by atoms with E-state index in [1.807, 2.05) is 24.3 Å². The van der Waals surface area contributed by atoms with E-state index >= 15 is 0 Å². The number of thiophene rings is 1. The number of ether oxygens (including phenoxy) is 1. The number of halogens is 1. The largest absolute Gasteiger partial charge is 0.487 e. The molecule has 20 heavy (non-hydrogen) atoms. The lowest BCUT2D eigenvalue weighted by atomic mass is 10.2. The van der Waals surface area contributed by atoms with Gasteiger partial charge >= 0.3 is 0 Å². The van der Waals surface area contributed by atoms with Crippen LogP contribution in [0.3, 0.4) is 0 Å². The zero-order chi connectivity index (χ0) is 14.4. The van der Waals surface area contributed by atoms with Gasteiger partial charge in [0.1, 0.15) is 12.4 Å². The van der Waals surface area contributed by atoms with E-state index in [0.717, 1.165) is 23.3 Å². The third-order valence-corrected chi connectivity index (χ3v) is 4.49. The molecule has 0 aliphatic heterocycles. The van der Waals surface area contributed by atoms with Crippen molar-refractivity contribution in [3.05, 3.63) is 50.6 Å². The first-order chi connectivity index (χ1) is 9.65. The first-order valence-corrected chi connectivity index (χ1v) is 8.41. The molecule has 0 spiro atoms. The molecule has 1 heterocycles. The fraction of sp³-hybridized carbons (Fsp3) is 0.375. The minimum Gasteiger partial charge on any atom is -0.487 e. The van der Waals surface area contributed by atoms with Gasteiger partial charge in [0, 0.05) is 16.3 Å². The Labute approximate surface area is 133 Å². The smallest absolute Gasteiger partial charge is 0.134 e. The Bertz CT molecular complexity index is 539. The van der Waals surface area contributed by atoms with Crippen LogP contribution in [0.5, 0.6) is 5.75 Å². The van der Waals surface area contributed by atoms with Gasteiger partial charge in [0.25, 0.3) is 0 Å².